The highest BCUT2D eigenvalue weighted by molar-refractivity contribution is 6.37. The monoisotopic (exact) mass is 491 g/mol. The fourth-order valence-electron chi connectivity index (χ4n) is 5.20. The van der Waals surface area contributed by atoms with Crippen LogP contribution >= 0.6 is 23.2 Å². The molecule has 2 aliphatic rings. The van der Waals surface area contributed by atoms with Crippen molar-refractivity contribution in [3.05, 3.63) is 85.9 Å². The maximum absolute atomic E-state index is 13.3. The maximum Gasteiger partial charge on any atom is 0.266 e. The number of aryl methyl sites for hydroxylation is 1. The summed E-state index contributed by atoms with van der Waals surface area (Å²) in [7, 11) is 2.18. The topological polar surface area (TPSA) is 63.1 Å². The molecule has 6 nitrogen and oxygen atoms in total. The number of para-hydroxylation sites is 1. The van der Waals surface area contributed by atoms with Gasteiger partial charge in [-0.3, -0.25) is 9.36 Å². The van der Waals surface area contributed by atoms with E-state index in [1.165, 1.54) is 28.5 Å². The summed E-state index contributed by atoms with van der Waals surface area (Å²) in [6.07, 6.45) is 5.81. The predicted molar refractivity (Wildman–Crippen MR) is 137 cm³/mol. The normalized spacial score (nSPS) is 16.6. The molecule has 1 spiro atoms. The summed E-state index contributed by atoms with van der Waals surface area (Å²) in [6.45, 7) is 3.98. The maximum atomic E-state index is 13.3. The van der Waals surface area contributed by atoms with Crippen LogP contribution < -0.4 is 10.9 Å². The average molecular weight is 492 g/mol. The molecule has 172 valence electrons. The van der Waals surface area contributed by atoms with Gasteiger partial charge in [-0.1, -0.05) is 35.3 Å². The fourth-order valence-corrected chi connectivity index (χ4v) is 5.78. The van der Waals surface area contributed by atoms with Gasteiger partial charge in [0.1, 0.15) is 0 Å². The molecule has 0 atom stereocenters. The number of likely N-dealkylation sites (N-methyl/N-ethyl adjacent to an activating group) is 1. The third-order valence-corrected chi connectivity index (χ3v) is 7.52. The molecular formula is C26H23Cl2N5O. The van der Waals surface area contributed by atoms with Crippen LogP contribution in [0.4, 0.5) is 11.6 Å². The molecule has 1 N–H and O–H groups in total. The zero-order valence-electron chi connectivity index (χ0n) is 18.9. The first-order valence-electron chi connectivity index (χ1n) is 11.3. The number of benzene rings is 2. The van der Waals surface area contributed by atoms with Gasteiger partial charge in [-0.15, -0.1) is 0 Å². The van der Waals surface area contributed by atoms with E-state index in [1.807, 2.05) is 6.92 Å². The molecule has 4 aromatic rings. The van der Waals surface area contributed by atoms with Crippen molar-refractivity contribution in [3.63, 3.8) is 0 Å². The Morgan fingerprint density at radius 1 is 1.12 bits per heavy atom. The van der Waals surface area contributed by atoms with Crippen LogP contribution in [0.3, 0.4) is 0 Å². The van der Waals surface area contributed by atoms with Crippen LogP contribution in [-0.4, -0.2) is 33.0 Å². The van der Waals surface area contributed by atoms with E-state index in [-0.39, 0.29) is 5.56 Å². The number of rotatable bonds is 3. The number of pyridine rings is 1. The standard InChI is InChI=1S/C26H23Cl2N5O/c1-15-12-33(23-20(27)4-3-5-21(23)28)24(34)18-11-29-25(31-22(15)18)30-17-6-7-19-16(10-17)13-32(2)14-26(19)8-9-26/h3-7,10-12H,8-9,13-14H2,1-2H3,(H,29,30,31). The van der Waals surface area contributed by atoms with Crippen LogP contribution in [0, 0.1) is 6.92 Å². The second-order valence-electron chi connectivity index (χ2n) is 9.46. The number of anilines is 2. The van der Waals surface area contributed by atoms with Crippen LogP contribution in [-0.2, 0) is 12.0 Å². The molecule has 1 aliphatic heterocycles. The van der Waals surface area contributed by atoms with Gasteiger partial charge in [0.25, 0.3) is 5.56 Å². The van der Waals surface area contributed by atoms with Gasteiger partial charge >= 0.3 is 0 Å². The van der Waals surface area contributed by atoms with E-state index in [1.54, 1.807) is 30.6 Å². The van der Waals surface area contributed by atoms with Gasteiger partial charge in [-0.05, 0) is 67.8 Å². The van der Waals surface area contributed by atoms with Crippen LogP contribution in [0.25, 0.3) is 16.6 Å². The number of hydrogen-bond acceptors (Lipinski definition) is 5. The highest BCUT2D eigenvalue weighted by Crippen LogP contribution is 2.52. The van der Waals surface area contributed by atoms with E-state index in [0.717, 1.165) is 24.3 Å². The Kier molecular flexibility index (Phi) is 4.96. The molecule has 1 aliphatic carbocycles. The second-order valence-corrected chi connectivity index (χ2v) is 10.3. The van der Waals surface area contributed by atoms with Crippen molar-refractivity contribution in [3.8, 4) is 5.69 Å². The van der Waals surface area contributed by atoms with Gasteiger partial charge in [0.05, 0.1) is 26.6 Å². The van der Waals surface area contributed by atoms with E-state index in [4.69, 9.17) is 23.2 Å². The quantitative estimate of drug-likeness (QED) is 0.403. The smallest absolute Gasteiger partial charge is 0.266 e. The van der Waals surface area contributed by atoms with Gasteiger partial charge in [0.15, 0.2) is 0 Å². The minimum atomic E-state index is -0.270. The van der Waals surface area contributed by atoms with Gasteiger partial charge in [-0.2, -0.15) is 0 Å². The molecule has 1 saturated carbocycles. The average Bonchev–Trinajstić information content (AvgIpc) is 3.56. The summed E-state index contributed by atoms with van der Waals surface area (Å²) < 4.78 is 1.46. The summed E-state index contributed by atoms with van der Waals surface area (Å²) in [5, 5.41) is 4.54. The minimum Gasteiger partial charge on any atom is -0.324 e. The Balaban J connectivity index is 1.37. The fraction of sp³-hybridized carbons (Fsp3) is 0.269. The third-order valence-electron chi connectivity index (χ3n) is 6.91. The van der Waals surface area contributed by atoms with E-state index in [2.05, 4.69) is 45.4 Å². The Morgan fingerprint density at radius 3 is 2.62 bits per heavy atom. The number of halogens is 2. The molecule has 6 rings (SSSR count). The molecule has 0 saturated heterocycles. The zero-order valence-corrected chi connectivity index (χ0v) is 20.4. The van der Waals surface area contributed by atoms with Crippen LogP contribution in [0.2, 0.25) is 10.0 Å². The van der Waals surface area contributed by atoms with Gasteiger partial charge in [0.2, 0.25) is 5.95 Å². The van der Waals surface area contributed by atoms with Crippen LogP contribution in [0.1, 0.15) is 29.5 Å². The molecule has 1 fully saturated rings. The minimum absolute atomic E-state index is 0.270. The van der Waals surface area contributed by atoms with Crippen molar-refractivity contribution < 1.29 is 0 Å². The van der Waals surface area contributed by atoms with Crippen molar-refractivity contribution in [2.24, 2.45) is 0 Å². The SMILES string of the molecule is Cc1cn(-c2c(Cl)cccc2Cl)c(=O)c2cnc(Nc3ccc4c(c3)CN(C)CC43CC3)nc12. The van der Waals surface area contributed by atoms with E-state index >= 15 is 0 Å². The van der Waals surface area contributed by atoms with E-state index < -0.39 is 0 Å². The number of fused-ring (bicyclic) bond motifs is 3. The van der Waals surface area contributed by atoms with Gasteiger partial charge in [-0.25, -0.2) is 9.97 Å². The Morgan fingerprint density at radius 2 is 1.88 bits per heavy atom. The first kappa shape index (κ1) is 21.6. The Labute approximate surface area is 207 Å². The van der Waals surface area contributed by atoms with Gasteiger partial charge < -0.3 is 10.2 Å². The van der Waals surface area contributed by atoms with E-state index in [0.29, 0.717) is 38.0 Å². The van der Waals surface area contributed by atoms with Crippen LogP contribution in [0.15, 0.2) is 53.6 Å². The number of nitrogens with one attached hydrogen (secondary N) is 1. The first-order valence-corrected chi connectivity index (χ1v) is 12.0. The highest BCUT2D eigenvalue weighted by Gasteiger charge is 2.48. The molecule has 2 aromatic heterocycles. The summed E-state index contributed by atoms with van der Waals surface area (Å²) in [4.78, 5) is 24.8. The second kappa shape index (κ2) is 7.80. The first-order chi connectivity index (χ1) is 16.3. The van der Waals surface area contributed by atoms with Crippen molar-refractivity contribution in [1.29, 1.82) is 0 Å². The summed E-state index contributed by atoms with van der Waals surface area (Å²) in [5.41, 5.74) is 5.72. The summed E-state index contributed by atoms with van der Waals surface area (Å²) >= 11 is 12.7. The largest absolute Gasteiger partial charge is 0.324 e. The summed E-state index contributed by atoms with van der Waals surface area (Å²) in [5.74, 6) is 0.453. The zero-order chi connectivity index (χ0) is 23.6. The van der Waals surface area contributed by atoms with Crippen molar-refractivity contribution in [2.75, 3.05) is 18.9 Å². The van der Waals surface area contributed by atoms with Crippen molar-refractivity contribution in [1.82, 2.24) is 19.4 Å². The number of hydrogen-bond donors (Lipinski definition) is 1. The molecule has 0 amide bonds. The lowest BCUT2D eigenvalue weighted by Crippen LogP contribution is -2.35. The molecular weight excluding hydrogens is 469 g/mol. The molecule has 3 heterocycles. The lowest BCUT2D eigenvalue weighted by atomic mass is 9.87. The lowest BCUT2D eigenvalue weighted by Gasteiger charge is -2.32. The Hall–Kier alpha value is -2.93. The van der Waals surface area contributed by atoms with Crippen molar-refractivity contribution >= 4 is 45.7 Å². The van der Waals surface area contributed by atoms with Crippen LogP contribution in [0.5, 0.6) is 0 Å². The lowest BCUT2D eigenvalue weighted by molar-refractivity contribution is 0.271. The highest BCUT2D eigenvalue weighted by atomic mass is 35.5. The third kappa shape index (κ3) is 3.49. The predicted octanol–water partition coefficient (Wildman–Crippen LogP) is 5.62. The number of nitrogens with zero attached hydrogens (tertiary/aromatic N) is 4. The molecule has 2 aromatic carbocycles. The summed E-state index contributed by atoms with van der Waals surface area (Å²) in [6, 6.07) is 11.7. The van der Waals surface area contributed by atoms with Gasteiger partial charge in [0, 0.05) is 36.6 Å². The molecule has 8 heteroatoms. The Bertz CT molecular complexity index is 1510. The number of aromatic nitrogens is 3. The molecule has 0 bridgehead atoms. The molecule has 0 radical (unpaired) electrons. The van der Waals surface area contributed by atoms with E-state index in [9.17, 15) is 4.79 Å². The molecule has 0 unspecified atom stereocenters. The van der Waals surface area contributed by atoms with Crippen molar-refractivity contribution in [2.45, 2.75) is 31.7 Å². The molecule has 34 heavy (non-hydrogen) atoms.